The number of piperazine rings is 1. The van der Waals surface area contributed by atoms with E-state index in [9.17, 15) is 4.79 Å². The van der Waals surface area contributed by atoms with Crippen LogP contribution in [0, 0.1) is 0 Å². The molecule has 6 heteroatoms. The second-order valence-electron chi connectivity index (χ2n) is 5.14. The van der Waals surface area contributed by atoms with E-state index in [1.807, 2.05) is 11.8 Å². The first kappa shape index (κ1) is 17.4. The largest absolute Gasteiger partial charge is 0.383 e. The predicted molar refractivity (Wildman–Crippen MR) is 78.6 cm³/mol. The minimum atomic E-state index is -0.549. The van der Waals surface area contributed by atoms with Gasteiger partial charge in [-0.25, -0.2) is 0 Å². The van der Waals surface area contributed by atoms with E-state index in [0.29, 0.717) is 6.04 Å². The molecule has 6 nitrogen and oxygen atoms in total. The first-order valence-electron chi connectivity index (χ1n) is 7.49. The number of ether oxygens (including phenoxy) is 2. The molecule has 0 aliphatic carbocycles. The Balaban J connectivity index is 2.47. The molecule has 0 spiro atoms. The van der Waals surface area contributed by atoms with Crippen molar-refractivity contribution in [3.8, 4) is 0 Å². The van der Waals surface area contributed by atoms with Gasteiger partial charge in [0, 0.05) is 45.9 Å². The van der Waals surface area contributed by atoms with E-state index in [2.05, 4.69) is 11.8 Å². The SMILES string of the molecule is CCOCCN1CCN(C(=O)C(N)COC)CC1CC. The number of amides is 1. The fraction of sp³-hybridized carbons (Fsp3) is 0.929. The Hall–Kier alpha value is -0.690. The summed E-state index contributed by atoms with van der Waals surface area (Å²) in [5.74, 6) is -0.00485. The van der Waals surface area contributed by atoms with Gasteiger partial charge in [0.25, 0.3) is 0 Å². The topological polar surface area (TPSA) is 68.0 Å². The molecule has 118 valence electrons. The number of hydrogen-bond donors (Lipinski definition) is 1. The molecule has 0 aromatic heterocycles. The van der Waals surface area contributed by atoms with Crippen molar-refractivity contribution in [2.24, 2.45) is 5.73 Å². The Morgan fingerprint density at radius 1 is 1.40 bits per heavy atom. The molecule has 2 atom stereocenters. The fourth-order valence-corrected chi connectivity index (χ4v) is 2.59. The van der Waals surface area contributed by atoms with Crippen LogP contribution in [0.2, 0.25) is 0 Å². The highest BCUT2D eigenvalue weighted by Gasteiger charge is 2.30. The maximum Gasteiger partial charge on any atom is 0.241 e. The zero-order valence-corrected chi connectivity index (χ0v) is 13.0. The lowest BCUT2D eigenvalue weighted by atomic mass is 10.1. The van der Waals surface area contributed by atoms with Crippen molar-refractivity contribution in [3.63, 3.8) is 0 Å². The number of carbonyl (C=O) groups is 1. The Morgan fingerprint density at radius 2 is 2.15 bits per heavy atom. The average Bonchev–Trinajstić information content (AvgIpc) is 2.47. The molecule has 0 aromatic rings. The molecular weight excluding hydrogens is 258 g/mol. The lowest BCUT2D eigenvalue weighted by molar-refractivity contribution is -0.137. The molecule has 0 radical (unpaired) electrons. The Bertz CT molecular complexity index is 289. The van der Waals surface area contributed by atoms with E-state index < -0.39 is 6.04 Å². The Morgan fingerprint density at radius 3 is 2.75 bits per heavy atom. The molecular formula is C14H29N3O3. The summed E-state index contributed by atoms with van der Waals surface area (Å²) >= 11 is 0. The quantitative estimate of drug-likeness (QED) is 0.632. The smallest absolute Gasteiger partial charge is 0.241 e. The molecule has 0 saturated carbocycles. The Labute approximate surface area is 122 Å². The first-order chi connectivity index (χ1) is 9.63. The highest BCUT2D eigenvalue weighted by molar-refractivity contribution is 5.82. The van der Waals surface area contributed by atoms with Crippen molar-refractivity contribution in [2.75, 3.05) is 53.1 Å². The molecule has 20 heavy (non-hydrogen) atoms. The van der Waals surface area contributed by atoms with Crippen LogP contribution in [0.1, 0.15) is 20.3 Å². The normalized spacial score (nSPS) is 22.0. The summed E-state index contributed by atoms with van der Waals surface area (Å²) in [7, 11) is 1.56. The van der Waals surface area contributed by atoms with Crippen LogP contribution < -0.4 is 5.73 Å². The lowest BCUT2D eigenvalue weighted by Crippen LogP contribution is -2.58. The molecule has 1 fully saturated rings. The highest BCUT2D eigenvalue weighted by atomic mass is 16.5. The predicted octanol–water partition coefficient (Wildman–Crippen LogP) is -0.0806. The third-order valence-corrected chi connectivity index (χ3v) is 3.78. The molecule has 1 rings (SSSR count). The van der Waals surface area contributed by atoms with Gasteiger partial charge < -0.3 is 20.1 Å². The minimum absolute atomic E-state index is 0.00485. The second-order valence-corrected chi connectivity index (χ2v) is 5.14. The summed E-state index contributed by atoms with van der Waals surface area (Å²) in [4.78, 5) is 16.5. The summed E-state index contributed by atoms with van der Waals surface area (Å²) < 4.78 is 10.4. The van der Waals surface area contributed by atoms with Crippen LogP contribution >= 0.6 is 0 Å². The number of carbonyl (C=O) groups excluding carboxylic acids is 1. The van der Waals surface area contributed by atoms with Gasteiger partial charge in [-0.2, -0.15) is 0 Å². The lowest BCUT2D eigenvalue weighted by Gasteiger charge is -2.41. The maximum absolute atomic E-state index is 12.2. The molecule has 2 N–H and O–H groups in total. The average molecular weight is 287 g/mol. The molecule has 1 amide bonds. The van der Waals surface area contributed by atoms with Crippen LogP contribution in [0.25, 0.3) is 0 Å². The van der Waals surface area contributed by atoms with Crippen molar-refractivity contribution in [1.82, 2.24) is 9.80 Å². The Kier molecular flexibility index (Phi) is 8.06. The summed E-state index contributed by atoms with van der Waals surface area (Å²) in [6.07, 6.45) is 1.02. The molecule has 1 aliphatic rings. The number of rotatable bonds is 8. The van der Waals surface area contributed by atoms with Gasteiger partial charge in [0.15, 0.2) is 0 Å². The fourth-order valence-electron chi connectivity index (χ4n) is 2.59. The van der Waals surface area contributed by atoms with E-state index >= 15 is 0 Å². The van der Waals surface area contributed by atoms with Crippen molar-refractivity contribution < 1.29 is 14.3 Å². The standard InChI is InChI=1S/C14H29N3O3/c1-4-12-10-17(14(18)13(15)11-19-3)7-6-16(12)8-9-20-5-2/h12-13H,4-11,15H2,1-3H3. The van der Waals surface area contributed by atoms with Crippen molar-refractivity contribution >= 4 is 5.91 Å². The van der Waals surface area contributed by atoms with E-state index in [1.165, 1.54) is 0 Å². The van der Waals surface area contributed by atoms with Crippen LogP contribution in [0.15, 0.2) is 0 Å². The maximum atomic E-state index is 12.2. The molecule has 1 heterocycles. The van der Waals surface area contributed by atoms with E-state index in [1.54, 1.807) is 7.11 Å². The zero-order valence-electron chi connectivity index (χ0n) is 13.0. The zero-order chi connectivity index (χ0) is 15.0. The van der Waals surface area contributed by atoms with Gasteiger partial charge in [0.05, 0.1) is 13.2 Å². The van der Waals surface area contributed by atoms with Gasteiger partial charge in [-0.1, -0.05) is 6.92 Å². The second kappa shape index (κ2) is 9.28. The number of hydrogen-bond acceptors (Lipinski definition) is 5. The van der Waals surface area contributed by atoms with Crippen LogP contribution in [0.4, 0.5) is 0 Å². The van der Waals surface area contributed by atoms with Gasteiger partial charge in [-0.15, -0.1) is 0 Å². The van der Waals surface area contributed by atoms with E-state index in [0.717, 1.165) is 45.8 Å². The van der Waals surface area contributed by atoms with Crippen LogP contribution in [0.5, 0.6) is 0 Å². The summed E-state index contributed by atoms with van der Waals surface area (Å²) in [6, 6.07) is -0.157. The molecule has 1 aliphatic heterocycles. The third-order valence-electron chi connectivity index (χ3n) is 3.78. The van der Waals surface area contributed by atoms with Gasteiger partial charge in [0.2, 0.25) is 5.91 Å². The van der Waals surface area contributed by atoms with Gasteiger partial charge in [-0.3, -0.25) is 9.69 Å². The van der Waals surface area contributed by atoms with Gasteiger partial charge in [0.1, 0.15) is 6.04 Å². The van der Waals surface area contributed by atoms with Gasteiger partial charge >= 0.3 is 0 Å². The number of nitrogens with two attached hydrogens (primary N) is 1. The molecule has 2 unspecified atom stereocenters. The minimum Gasteiger partial charge on any atom is -0.383 e. The summed E-state index contributed by atoms with van der Waals surface area (Å²) in [5, 5.41) is 0. The van der Waals surface area contributed by atoms with Crippen molar-refractivity contribution in [3.05, 3.63) is 0 Å². The van der Waals surface area contributed by atoms with Crippen LogP contribution in [0.3, 0.4) is 0 Å². The van der Waals surface area contributed by atoms with Crippen molar-refractivity contribution in [2.45, 2.75) is 32.4 Å². The highest BCUT2D eigenvalue weighted by Crippen LogP contribution is 2.13. The van der Waals surface area contributed by atoms with E-state index in [-0.39, 0.29) is 12.5 Å². The third kappa shape index (κ3) is 5.01. The molecule has 0 aromatic carbocycles. The van der Waals surface area contributed by atoms with Crippen LogP contribution in [-0.2, 0) is 14.3 Å². The van der Waals surface area contributed by atoms with Crippen molar-refractivity contribution in [1.29, 1.82) is 0 Å². The first-order valence-corrected chi connectivity index (χ1v) is 7.49. The van der Waals surface area contributed by atoms with Crippen LogP contribution in [-0.4, -0.2) is 80.9 Å². The molecule has 1 saturated heterocycles. The van der Waals surface area contributed by atoms with Gasteiger partial charge in [-0.05, 0) is 13.3 Å². The summed E-state index contributed by atoms with van der Waals surface area (Å²) in [6.45, 7) is 9.24. The monoisotopic (exact) mass is 287 g/mol. The number of nitrogens with zero attached hydrogens (tertiary/aromatic N) is 2. The van der Waals surface area contributed by atoms with E-state index in [4.69, 9.17) is 15.2 Å². The summed E-state index contributed by atoms with van der Waals surface area (Å²) in [5.41, 5.74) is 5.83. The number of methoxy groups -OCH3 is 1. The molecule has 0 bridgehead atoms.